The van der Waals surface area contributed by atoms with E-state index in [0.29, 0.717) is 12.2 Å². The lowest BCUT2D eigenvalue weighted by molar-refractivity contribution is -0.134. The lowest BCUT2D eigenvalue weighted by Gasteiger charge is -2.38. The fourth-order valence-electron chi connectivity index (χ4n) is 3.84. The van der Waals surface area contributed by atoms with Crippen LogP contribution in [0, 0.1) is 0 Å². The van der Waals surface area contributed by atoms with Crippen LogP contribution >= 0.6 is 11.6 Å². The fraction of sp³-hybridized carbons (Fsp3) is 0.304. The first-order chi connectivity index (χ1) is 15.3. The normalized spacial score (nSPS) is 21.1. The fourth-order valence-corrected chi connectivity index (χ4v) is 5.45. The van der Waals surface area contributed by atoms with Gasteiger partial charge in [0, 0.05) is 59.2 Å². The van der Waals surface area contributed by atoms with Gasteiger partial charge in [-0.15, -0.1) is 0 Å². The SMILES string of the molecule is CN1CCN(C2Cc3ccccc3S(=O)c3ccc(Cl)cc32)CC1.O=C(O)C=CC(=O)O. The van der Waals surface area contributed by atoms with Crippen molar-refractivity contribution >= 4 is 34.3 Å². The summed E-state index contributed by atoms with van der Waals surface area (Å²) in [6.07, 6.45) is 2.00. The molecule has 2 atom stereocenters. The second-order valence-electron chi connectivity index (χ2n) is 7.63. The molecule has 2 aliphatic rings. The highest BCUT2D eigenvalue weighted by atomic mass is 35.5. The van der Waals surface area contributed by atoms with Crippen molar-refractivity contribution < 1.29 is 24.0 Å². The highest BCUT2D eigenvalue weighted by Gasteiger charge is 2.31. The van der Waals surface area contributed by atoms with E-state index in [1.54, 1.807) is 0 Å². The minimum absolute atomic E-state index is 0.236. The van der Waals surface area contributed by atoms with Gasteiger partial charge in [0.2, 0.25) is 0 Å². The van der Waals surface area contributed by atoms with Gasteiger partial charge in [-0.2, -0.15) is 0 Å². The number of benzene rings is 2. The summed E-state index contributed by atoms with van der Waals surface area (Å²) in [5, 5.41) is 16.3. The number of fused-ring (bicyclic) bond motifs is 2. The summed E-state index contributed by atoms with van der Waals surface area (Å²) in [6, 6.07) is 14.2. The van der Waals surface area contributed by atoms with Crippen molar-refractivity contribution in [2.24, 2.45) is 0 Å². The first-order valence-electron chi connectivity index (χ1n) is 10.1. The molecule has 0 aliphatic carbocycles. The molecule has 4 rings (SSSR count). The maximum absolute atomic E-state index is 13.2. The maximum atomic E-state index is 13.2. The van der Waals surface area contributed by atoms with Gasteiger partial charge in [0.15, 0.2) is 0 Å². The van der Waals surface area contributed by atoms with Crippen LogP contribution in [0.15, 0.2) is 64.4 Å². The van der Waals surface area contributed by atoms with Crippen LogP contribution in [0.4, 0.5) is 0 Å². The zero-order chi connectivity index (χ0) is 23.3. The van der Waals surface area contributed by atoms with E-state index in [1.807, 2.05) is 36.4 Å². The van der Waals surface area contributed by atoms with Gasteiger partial charge in [-0.3, -0.25) is 4.90 Å². The van der Waals surface area contributed by atoms with Crippen LogP contribution in [0.3, 0.4) is 0 Å². The Morgan fingerprint density at radius 3 is 2.25 bits per heavy atom. The largest absolute Gasteiger partial charge is 0.478 e. The summed E-state index contributed by atoms with van der Waals surface area (Å²) in [7, 11) is 1.02. The molecule has 0 aromatic heterocycles. The molecule has 0 bridgehead atoms. The maximum Gasteiger partial charge on any atom is 0.328 e. The van der Waals surface area contributed by atoms with Gasteiger partial charge in [0.25, 0.3) is 0 Å². The summed E-state index contributed by atoms with van der Waals surface area (Å²) < 4.78 is 13.2. The van der Waals surface area contributed by atoms with Crippen molar-refractivity contribution in [3.8, 4) is 0 Å². The number of hydrogen-bond donors (Lipinski definition) is 2. The second kappa shape index (κ2) is 10.9. The molecule has 32 heavy (non-hydrogen) atoms. The molecule has 0 spiro atoms. The lowest BCUT2D eigenvalue weighted by Crippen LogP contribution is -2.46. The molecule has 0 radical (unpaired) electrons. The van der Waals surface area contributed by atoms with Crippen LogP contribution in [0.25, 0.3) is 0 Å². The Morgan fingerprint density at radius 1 is 1.00 bits per heavy atom. The minimum Gasteiger partial charge on any atom is -0.478 e. The minimum atomic E-state index is -1.26. The van der Waals surface area contributed by atoms with Crippen molar-refractivity contribution in [2.45, 2.75) is 22.3 Å². The molecule has 2 aromatic carbocycles. The highest BCUT2D eigenvalue weighted by molar-refractivity contribution is 7.85. The zero-order valence-electron chi connectivity index (χ0n) is 17.6. The molecule has 0 saturated carbocycles. The third-order valence-corrected chi connectivity index (χ3v) is 7.27. The Morgan fingerprint density at radius 2 is 1.62 bits per heavy atom. The quantitative estimate of drug-likeness (QED) is 0.657. The number of carboxylic acids is 2. The molecule has 1 saturated heterocycles. The summed E-state index contributed by atoms with van der Waals surface area (Å²) >= 11 is 6.29. The first-order valence-corrected chi connectivity index (χ1v) is 11.6. The lowest BCUT2D eigenvalue weighted by atomic mass is 9.96. The molecule has 7 nitrogen and oxygen atoms in total. The average Bonchev–Trinajstić information content (AvgIpc) is 2.88. The van der Waals surface area contributed by atoms with Crippen LogP contribution in [0.2, 0.25) is 5.02 Å². The molecule has 2 heterocycles. The first kappa shape index (κ1) is 24.1. The second-order valence-corrected chi connectivity index (χ2v) is 9.48. The van der Waals surface area contributed by atoms with Crippen LogP contribution in [0.5, 0.6) is 0 Å². The molecule has 1 fully saturated rings. The standard InChI is InChI=1S/C19H21ClN2OS.C4H4O4/c1-21-8-10-22(11-9-21)17-12-14-4-2-3-5-18(14)24(23)19-7-6-15(20)13-16(17)19;5-3(6)1-2-4(7)8/h2-7,13,17H,8-12H2,1H3;1-2H,(H,5,6)(H,7,8). The third kappa shape index (κ3) is 6.04. The van der Waals surface area contributed by atoms with Crippen LogP contribution in [-0.4, -0.2) is 69.4 Å². The predicted molar refractivity (Wildman–Crippen MR) is 122 cm³/mol. The average molecular weight is 477 g/mol. The van der Waals surface area contributed by atoms with Gasteiger partial charge in [-0.1, -0.05) is 29.8 Å². The number of carbonyl (C=O) groups is 2. The van der Waals surface area contributed by atoms with E-state index >= 15 is 0 Å². The van der Waals surface area contributed by atoms with Gasteiger partial charge < -0.3 is 15.1 Å². The van der Waals surface area contributed by atoms with Crippen molar-refractivity contribution in [2.75, 3.05) is 33.2 Å². The summed E-state index contributed by atoms with van der Waals surface area (Å²) in [4.78, 5) is 25.8. The predicted octanol–water partition coefficient (Wildman–Crippen LogP) is 3.06. The topological polar surface area (TPSA) is 98.2 Å². The summed E-state index contributed by atoms with van der Waals surface area (Å²) in [5.74, 6) is -2.51. The molecule has 2 N–H and O–H groups in total. The third-order valence-electron chi connectivity index (χ3n) is 5.46. The van der Waals surface area contributed by atoms with Gasteiger partial charge in [-0.25, -0.2) is 13.8 Å². The summed E-state index contributed by atoms with van der Waals surface area (Å²) in [6.45, 7) is 4.19. The molecule has 170 valence electrons. The molecule has 0 amide bonds. The van der Waals surface area contributed by atoms with Gasteiger partial charge >= 0.3 is 11.9 Å². The van der Waals surface area contributed by atoms with E-state index < -0.39 is 22.7 Å². The summed E-state index contributed by atoms with van der Waals surface area (Å²) in [5.41, 5.74) is 2.31. The van der Waals surface area contributed by atoms with E-state index in [-0.39, 0.29) is 6.04 Å². The van der Waals surface area contributed by atoms with E-state index in [9.17, 15) is 13.8 Å². The smallest absolute Gasteiger partial charge is 0.328 e. The monoisotopic (exact) mass is 476 g/mol. The Labute approximate surface area is 194 Å². The van der Waals surface area contributed by atoms with Crippen molar-refractivity contribution in [1.82, 2.24) is 9.80 Å². The van der Waals surface area contributed by atoms with Crippen LogP contribution in [-0.2, 0) is 26.8 Å². The molecule has 2 aliphatic heterocycles. The van der Waals surface area contributed by atoms with E-state index in [1.165, 1.54) is 5.56 Å². The Kier molecular flexibility index (Phi) is 8.20. The van der Waals surface area contributed by atoms with Crippen molar-refractivity contribution in [3.05, 3.63) is 70.8 Å². The molecular weight excluding hydrogens is 452 g/mol. The van der Waals surface area contributed by atoms with E-state index in [2.05, 4.69) is 22.9 Å². The number of rotatable bonds is 3. The highest BCUT2D eigenvalue weighted by Crippen LogP contribution is 2.38. The number of piperazine rings is 1. The zero-order valence-corrected chi connectivity index (χ0v) is 19.2. The number of carboxylic acid groups (broad SMARTS) is 2. The molecule has 9 heteroatoms. The molecule has 2 aromatic rings. The Bertz CT molecular complexity index is 1030. The number of aliphatic carboxylic acids is 2. The van der Waals surface area contributed by atoms with Crippen molar-refractivity contribution in [1.29, 1.82) is 0 Å². The van der Waals surface area contributed by atoms with Crippen molar-refractivity contribution in [3.63, 3.8) is 0 Å². The van der Waals surface area contributed by atoms with E-state index in [0.717, 1.165) is 53.0 Å². The number of nitrogens with zero attached hydrogens (tertiary/aromatic N) is 2. The number of halogens is 1. The van der Waals surface area contributed by atoms with E-state index in [4.69, 9.17) is 21.8 Å². The molecular formula is C23H25ClN2O5S. The molecule has 2 unspecified atom stereocenters. The van der Waals surface area contributed by atoms with Crippen LogP contribution < -0.4 is 0 Å². The van der Waals surface area contributed by atoms with Gasteiger partial charge in [0.1, 0.15) is 0 Å². The van der Waals surface area contributed by atoms with Gasteiger partial charge in [-0.05, 0) is 48.9 Å². The Balaban J connectivity index is 0.000000312. The number of likely N-dealkylation sites (N-methyl/N-ethyl adjacent to an activating group) is 1. The Hall–Kier alpha value is -2.52. The van der Waals surface area contributed by atoms with Gasteiger partial charge in [0.05, 0.1) is 10.8 Å². The number of hydrogen-bond acceptors (Lipinski definition) is 5. The van der Waals surface area contributed by atoms with Crippen LogP contribution in [0.1, 0.15) is 17.2 Å².